The highest BCUT2D eigenvalue weighted by atomic mass is 16.5. The second kappa shape index (κ2) is 9.47. The molecule has 0 aromatic heterocycles. The minimum atomic E-state index is -0.394. The fourth-order valence-corrected chi connectivity index (χ4v) is 3.79. The van der Waals surface area contributed by atoms with Crippen molar-refractivity contribution in [2.45, 2.75) is 19.8 Å². The lowest BCUT2D eigenvalue weighted by molar-refractivity contribution is 0.0526. The molecule has 6 nitrogen and oxygen atoms in total. The SMILES string of the molecule is CCOC(=O)c1ccc(NC(=O)c2ccc3c(c2)CCCN3C(=O)c2ccccc2)cc1. The Bertz CT molecular complexity index is 1140. The van der Waals surface area contributed by atoms with Crippen LogP contribution in [0.3, 0.4) is 0 Å². The van der Waals surface area contributed by atoms with Gasteiger partial charge in [-0.3, -0.25) is 9.59 Å². The zero-order valence-electron chi connectivity index (χ0n) is 17.8. The molecule has 0 spiro atoms. The number of benzene rings is 3. The van der Waals surface area contributed by atoms with E-state index in [0.717, 1.165) is 24.1 Å². The maximum atomic E-state index is 13.0. The molecule has 3 aromatic carbocycles. The lowest BCUT2D eigenvalue weighted by Crippen LogP contribution is -2.35. The minimum Gasteiger partial charge on any atom is -0.462 e. The number of carbonyl (C=O) groups is 3. The van der Waals surface area contributed by atoms with Gasteiger partial charge in [0, 0.05) is 29.0 Å². The monoisotopic (exact) mass is 428 g/mol. The molecule has 0 aliphatic carbocycles. The molecule has 6 heteroatoms. The quantitative estimate of drug-likeness (QED) is 0.597. The predicted molar refractivity (Wildman–Crippen MR) is 123 cm³/mol. The molecule has 32 heavy (non-hydrogen) atoms. The number of aryl methyl sites for hydroxylation is 1. The van der Waals surface area contributed by atoms with Gasteiger partial charge in [-0.25, -0.2) is 4.79 Å². The Labute approximate surface area is 186 Å². The van der Waals surface area contributed by atoms with E-state index in [1.54, 1.807) is 42.2 Å². The molecule has 0 bridgehead atoms. The van der Waals surface area contributed by atoms with Crippen molar-refractivity contribution < 1.29 is 19.1 Å². The molecule has 0 saturated heterocycles. The van der Waals surface area contributed by atoms with Gasteiger partial charge in [0.2, 0.25) is 0 Å². The summed E-state index contributed by atoms with van der Waals surface area (Å²) in [5, 5.41) is 2.85. The summed E-state index contributed by atoms with van der Waals surface area (Å²) < 4.78 is 4.97. The Hall–Kier alpha value is -3.93. The van der Waals surface area contributed by atoms with Crippen molar-refractivity contribution in [3.8, 4) is 0 Å². The van der Waals surface area contributed by atoms with Crippen LogP contribution >= 0.6 is 0 Å². The summed E-state index contributed by atoms with van der Waals surface area (Å²) in [6, 6.07) is 21.2. The zero-order valence-corrected chi connectivity index (χ0v) is 17.8. The van der Waals surface area contributed by atoms with E-state index in [0.29, 0.717) is 35.5 Å². The summed E-state index contributed by atoms with van der Waals surface area (Å²) in [6.45, 7) is 2.71. The number of carbonyl (C=O) groups excluding carboxylic acids is 3. The minimum absolute atomic E-state index is 0.0366. The lowest BCUT2D eigenvalue weighted by Gasteiger charge is -2.30. The molecule has 1 aliphatic rings. The van der Waals surface area contributed by atoms with Crippen molar-refractivity contribution in [1.29, 1.82) is 0 Å². The molecule has 1 aliphatic heterocycles. The normalized spacial score (nSPS) is 12.6. The second-order valence-electron chi connectivity index (χ2n) is 7.52. The zero-order chi connectivity index (χ0) is 22.5. The number of nitrogens with zero attached hydrogens (tertiary/aromatic N) is 1. The number of esters is 1. The van der Waals surface area contributed by atoms with Gasteiger partial charge in [-0.05, 0) is 79.9 Å². The molecule has 0 saturated carbocycles. The Morgan fingerprint density at radius 1 is 0.906 bits per heavy atom. The predicted octanol–water partition coefficient (Wildman–Crippen LogP) is 4.71. The maximum absolute atomic E-state index is 13.0. The Morgan fingerprint density at radius 3 is 2.34 bits per heavy atom. The van der Waals surface area contributed by atoms with Crippen molar-refractivity contribution in [2.24, 2.45) is 0 Å². The Kier molecular flexibility index (Phi) is 6.31. The number of hydrogen-bond acceptors (Lipinski definition) is 4. The molecule has 2 amide bonds. The van der Waals surface area contributed by atoms with E-state index in [-0.39, 0.29) is 11.8 Å². The number of hydrogen-bond donors (Lipinski definition) is 1. The maximum Gasteiger partial charge on any atom is 0.338 e. The largest absolute Gasteiger partial charge is 0.462 e. The first-order valence-corrected chi connectivity index (χ1v) is 10.6. The summed E-state index contributed by atoms with van der Waals surface area (Å²) in [6.07, 6.45) is 1.65. The van der Waals surface area contributed by atoms with Crippen LogP contribution in [-0.4, -0.2) is 30.9 Å². The first-order valence-electron chi connectivity index (χ1n) is 10.6. The summed E-state index contributed by atoms with van der Waals surface area (Å²) in [5.74, 6) is -0.677. The third-order valence-corrected chi connectivity index (χ3v) is 5.38. The van der Waals surface area contributed by atoms with Crippen LogP contribution in [0.2, 0.25) is 0 Å². The number of anilines is 2. The topological polar surface area (TPSA) is 75.7 Å². The average molecular weight is 428 g/mol. The van der Waals surface area contributed by atoms with Gasteiger partial charge in [0.15, 0.2) is 0 Å². The number of amides is 2. The summed E-state index contributed by atoms with van der Waals surface area (Å²) in [4.78, 5) is 39.3. The number of rotatable bonds is 5. The molecule has 0 atom stereocenters. The molecule has 4 rings (SSSR count). The van der Waals surface area contributed by atoms with E-state index in [9.17, 15) is 14.4 Å². The highest BCUT2D eigenvalue weighted by Gasteiger charge is 2.24. The fourth-order valence-electron chi connectivity index (χ4n) is 3.79. The van der Waals surface area contributed by atoms with E-state index >= 15 is 0 Å². The number of ether oxygens (including phenoxy) is 1. The third kappa shape index (κ3) is 4.54. The van der Waals surface area contributed by atoms with Crippen LogP contribution in [0.25, 0.3) is 0 Å². The van der Waals surface area contributed by atoms with Crippen molar-refractivity contribution in [1.82, 2.24) is 0 Å². The van der Waals surface area contributed by atoms with Gasteiger partial charge < -0.3 is 15.0 Å². The van der Waals surface area contributed by atoms with E-state index < -0.39 is 5.97 Å². The van der Waals surface area contributed by atoms with Crippen LogP contribution in [-0.2, 0) is 11.2 Å². The van der Waals surface area contributed by atoms with Gasteiger partial charge in [0.05, 0.1) is 12.2 Å². The summed E-state index contributed by atoms with van der Waals surface area (Å²) in [7, 11) is 0. The first-order chi connectivity index (χ1) is 15.6. The van der Waals surface area contributed by atoms with Crippen LogP contribution in [0.5, 0.6) is 0 Å². The van der Waals surface area contributed by atoms with E-state index in [2.05, 4.69) is 5.32 Å². The van der Waals surface area contributed by atoms with Crippen LogP contribution < -0.4 is 10.2 Å². The van der Waals surface area contributed by atoms with Crippen LogP contribution in [0.15, 0.2) is 72.8 Å². The lowest BCUT2D eigenvalue weighted by atomic mass is 9.98. The van der Waals surface area contributed by atoms with Gasteiger partial charge in [0.1, 0.15) is 0 Å². The highest BCUT2D eigenvalue weighted by molar-refractivity contribution is 6.08. The van der Waals surface area contributed by atoms with Gasteiger partial charge in [-0.2, -0.15) is 0 Å². The van der Waals surface area contributed by atoms with Gasteiger partial charge in [0.25, 0.3) is 11.8 Å². The molecule has 0 unspecified atom stereocenters. The van der Waals surface area contributed by atoms with E-state index in [1.807, 2.05) is 42.5 Å². The standard InChI is InChI=1S/C26H24N2O4/c1-2-32-26(31)19-10-13-22(14-11-19)27-24(29)21-12-15-23-20(17-21)9-6-16-28(23)25(30)18-7-4-3-5-8-18/h3-5,7-8,10-15,17H,2,6,9,16H2,1H3,(H,27,29). The van der Waals surface area contributed by atoms with Crippen LogP contribution in [0.1, 0.15) is 50.0 Å². The van der Waals surface area contributed by atoms with Gasteiger partial charge >= 0.3 is 5.97 Å². The summed E-state index contributed by atoms with van der Waals surface area (Å²) in [5.41, 5.74) is 4.01. The average Bonchev–Trinajstić information content (AvgIpc) is 2.84. The van der Waals surface area contributed by atoms with E-state index in [1.165, 1.54) is 0 Å². The number of nitrogens with one attached hydrogen (secondary N) is 1. The molecular formula is C26H24N2O4. The van der Waals surface area contributed by atoms with Crippen LogP contribution in [0.4, 0.5) is 11.4 Å². The van der Waals surface area contributed by atoms with Crippen molar-refractivity contribution in [3.05, 3.63) is 95.1 Å². The molecular weight excluding hydrogens is 404 g/mol. The summed E-state index contributed by atoms with van der Waals surface area (Å²) >= 11 is 0. The Balaban J connectivity index is 1.49. The fraction of sp³-hybridized carbons (Fsp3) is 0.192. The van der Waals surface area contributed by atoms with Crippen molar-refractivity contribution in [2.75, 3.05) is 23.4 Å². The molecule has 1 N–H and O–H groups in total. The molecule has 0 fully saturated rings. The molecule has 3 aromatic rings. The van der Waals surface area contributed by atoms with Crippen molar-refractivity contribution >= 4 is 29.2 Å². The molecule has 0 radical (unpaired) electrons. The van der Waals surface area contributed by atoms with E-state index in [4.69, 9.17) is 4.74 Å². The smallest absolute Gasteiger partial charge is 0.338 e. The molecule has 1 heterocycles. The highest BCUT2D eigenvalue weighted by Crippen LogP contribution is 2.29. The number of fused-ring (bicyclic) bond motifs is 1. The molecule has 162 valence electrons. The van der Waals surface area contributed by atoms with Gasteiger partial charge in [-0.1, -0.05) is 18.2 Å². The second-order valence-corrected chi connectivity index (χ2v) is 7.52. The van der Waals surface area contributed by atoms with Crippen LogP contribution in [0, 0.1) is 0 Å². The first kappa shape index (κ1) is 21.3. The van der Waals surface area contributed by atoms with Gasteiger partial charge in [-0.15, -0.1) is 0 Å². The van der Waals surface area contributed by atoms with Crippen molar-refractivity contribution in [3.63, 3.8) is 0 Å². The third-order valence-electron chi connectivity index (χ3n) is 5.38. The Morgan fingerprint density at radius 2 is 1.62 bits per heavy atom.